The van der Waals surface area contributed by atoms with Gasteiger partial charge in [0.2, 0.25) is 11.8 Å². The predicted molar refractivity (Wildman–Crippen MR) is 132 cm³/mol. The summed E-state index contributed by atoms with van der Waals surface area (Å²) in [6, 6.07) is 5.56. The lowest BCUT2D eigenvalue weighted by atomic mass is 9.49. The van der Waals surface area contributed by atoms with Crippen molar-refractivity contribution >= 4 is 23.5 Å². The normalized spacial score (nSPS) is 43.2. The number of pyridine rings is 1. The Labute approximate surface area is 203 Å². The third-order valence-corrected chi connectivity index (χ3v) is 10.7. The second-order valence-electron chi connectivity index (χ2n) is 13.7. The third-order valence-electron chi connectivity index (χ3n) is 10.7. The lowest BCUT2D eigenvalue weighted by molar-refractivity contribution is -0.125. The number of carbonyl (C=O) groups excluding carboxylic acids is 2. The molecule has 0 saturated heterocycles. The summed E-state index contributed by atoms with van der Waals surface area (Å²) in [5.41, 5.74) is 0.449. The van der Waals surface area contributed by atoms with Crippen molar-refractivity contribution in [2.75, 3.05) is 10.6 Å². The summed E-state index contributed by atoms with van der Waals surface area (Å²) in [4.78, 5) is 30.6. The smallest absolute Gasteiger partial charge is 0.226 e. The van der Waals surface area contributed by atoms with E-state index in [2.05, 4.69) is 15.6 Å². The topological polar surface area (TPSA) is 71.1 Å². The van der Waals surface area contributed by atoms with E-state index in [4.69, 9.17) is 0 Å². The number of nitrogens with zero attached hydrogens (tertiary/aromatic N) is 1. The highest BCUT2D eigenvalue weighted by molar-refractivity contribution is 5.92. The summed E-state index contributed by atoms with van der Waals surface area (Å²) >= 11 is 0. The highest BCUT2D eigenvalue weighted by Crippen LogP contribution is 2.62. The number of hydrogen-bond acceptors (Lipinski definition) is 3. The van der Waals surface area contributed by atoms with E-state index in [0.29, 0.717) is 24.5 Å². The van der Waals surface area contributed by atoms with E-state index in [1.807, 2.05) is 18.2 Å². The molecule has 0 aromatic carbocycles. The van der Waals surface area contributed by atoms with Crippen molar-refractivity contribution in [3.63, 3.8) is 0 Å². The largest absolute Gasteiger partial charge is 0.311 e. The van der Waals surface area contributed by atoms with E-state index in [1.54, 1.807) is 0 Å². The Hall–Kier alpha value is -1.91. The first kappa shape index (κ1) is 21.4. The van der Waals surface area contributed by atoms with Crippen LogP contribution in [0.5, 0.6) is 0 Å². The number of aromatic nitrogens is 1. The summed E-state index contributed by atoms with van der Waals surface area (Å²) in [6.07, 6.45) is 17.0. The fraction of sp³-hybridized carbons (Fsp3) is 0.759. The minimum absolute atomic E-state index is 0.0893. The van der Waals surface area contributed by atoms with Crippen LogP contribution >= 0.6 is 0 Å². The summed E-state index contributed by atoms with van der Waals surface area (Å²) in [7, 11) is 0. The molecule has 1 heterocycles. The average Bonchev–Trinajstić information content (AvgIpc) is 2.70. The predicted octanol–water partition coefficient (Wildman–Crippen LogP) is 6.17. The van der Waals surface area contributed by atoms with Gasteiger partial charge in [0.05, 0.1) is 0 Å². The number of anilines is 2. The van der Waals surface area contributed by atoms with E-state index in [0.717, 1.165) is 35.5 Å². The lowest BCUT2D eigenvalue weighted by Crippen LogP contribution is -2.47. The molecular weight excluding hydrogens is 422 g/mol. The van der Waals surface area contributed by atoms with Crippen molar-refractivity contribution in [3.8, 4) is 0 Å². The minimum atomic E-state index is 0.0893. The molecule has 5 nitrogen and oxygen atoms in total. The number of amides is 2. The molecular formula is C29H39N3O2. The molecule has 8 saturated carbocycles. The maximum absolute atomic E-state index is 13.0. The Balaban J connectivity index is 0.969. The standard InChI is InChI=1S/C29H39N3O2/c33-26(16-28-10-18-4-19(11-28)6-20(5-18)12-28)31-24-2-1-3-25(30-24)32-27(34)17-29-13-21-7-22(14-29)9-23(8-21)15-29/h1-3,18-23H,4-17H2,(H2,30,31,32,33,34). The van der Waals surface area contributed by atoms with Crippen molar-refractivity contribution in [2.24, 2.45) is 46.3 Å². The van der Waals surface area contributed by atoms with Gasteiger partial charge in [-0.25, -0.2) is 4.98 Å². The molecule has 0 unspecified atom stereocenters. The van der Waals surface area contributed by atoms with Gasteiger partial charge in [-0.05, 0) is 136 Å². The molecule has 1 aromatic heterocycles. The fourth-order valence-corrected chi connectivity index (χ4v) is 10.6. The number of rotatable bonds is 6. The molecule has 8 bridgehead atoms. The molecule has 8 aliphatic rings. The van der Waals surface area contributed by atoms with E-state index in [-0.39, 0.29) is 22.6 Å². The van der Waals surface area contributed by atoms with E-state index >= 15 is 0 Å². The van der Waals surface area contributed by atoms with Crippen LogP contribution in [0.25, 0.3) is 0 Å². The SMILES string of the molecule is O=C(CC12CC3CC(CC(C3)C1)C2)Nc1cccc(NC(=O)CC23CC4CC(CC(C4)C2)C3)n1. The van der Waals surface area contributed by atoms with Gasteiger partial charge >= 0.3 is 0 Å². The first-order valence-electron chi connectivity index (χ1n) is 14.0. The monoisotopic (exact) mass is 461 g/mol. The number of hydrogen-bond donors (Lipinski definition) is 2. The second-order valence-corrected chi connectivity index (χ2v) is 13.7. The van der Waals surface area contributed by atoms with Crippen LogP contribution in [0.4, 0.5) is 11.6 Å². The van der Waals surface area contributed by atoms with Gasteiger partial charge in [-0.2, -0.15) is 0 Å². The number of carbonyl (C=O) groups is 2. The van der Waals surface area contributed by atoms with Crippen LogP contribution in [0.2, 0.25) is 0 Å². The maximum Gasteiger partial charge on any atom is 0.226 e. The molecule has 9 rings (SSSR count). The molecule has 5 heteroatoms. The maximum atomic E-state index is 13.0. The van der Waals surface area contributed by atoms with Crippen LogP contribution in [0, 0.1) is 46.3 Å². The Bertz CT molecular complexity index is 855. The van der Waals surface area contributed by atoms with Crippen molar-refractivity contribution < 1.29 is 9.59 Å². The van der Waals surface area contributed by atoms with Gasteiger partial charge in [0.15, 0.2) is 0 Å². The summed E-state index contributed by atoms with van der Waals surface area (Å²) in [5, 5.41) is 6.11. The summed E-state index contributed by atoms with van der Waals surface area (Å²) < 4.78 is 0. The molecule has 0 aliphatic heterocycles. The van der Waals surface area contributed by atoms with Gasteiger partial charge < -0.3 is 10.6 Å². The first-order chi connectivity index (χ1) is 16.4. The molecule has 2 amide bonds. The molecule has 2 N–H and O–H groups in total. The van der Waals surface area contributed by atoms with E-state index in [1.165, 1.54) is 77.0 Å². The Kier molecular flexibility index (Phi) is 4.90. The molecule has 1 aromatic rings. The van der Waals surface area contributed by atoms with Gasteiger partial charge in [0.25, 0.3) is 0 Å². The van der Waals surface area contributed by atoms with Gasteiger partial charge in [0, 0.05) is 12.8 Å². The third kappa shape index (κ3) is 3.97. The van der Waals surface area contributed by atoms with E-state index in [9.17, 15) is 9.59 Å². The van der Waals surface area contributed by atoms with Crippen molar-refractivity contribution in [2.45, 2.75) is 89.9 Å². The van der Waals surface area contributed by atoms with E-state index < -0.39 is 0 Å². The quantitative estimate of drug-likeness (QED) is 0.532. The molecule has 8 fully saturated rings. The zero-order valence-corrected chi connectivity index (χ0v) is 20.4. The van der Waals surface area contributed by atoms with Crippen molar-refractivity contribution in [1.82, 2.24) is 4.98 Å². The second kappa shape index (κ2) is 7.80. The summed E-state index contributed by atoms with van der Waals surface area (Å²) in [5.74, 6) is 6.40. The van der Waals surface area contributed by atoms with Crippen LogP contribution in [-0.4, -0.2) is 16.8 Å². The average molecular weight is 462 g/mol. The molecule has 34 heavy (non-hydrogen) atoms. The zero-order chi connectivity index (χ0) is 22.9. The van der Waals surface area contributed by atoms with Crippen molar-refractivity contribution in [3.05, 3.63) is 18.2 Å². The van der Waals surface area contributed by atoms with Crippen LogP contribution in [0.3, 0.4) is 0 Å². The number of nitrogens with one attached hydrogen (secondary N) is 2. The molecule has 0 radical (unpaired) electrons. The highest BCUT2D eigenvalue weighted by Gasteiger charge is 2.52. The fourth-order valence-electron chi connectivity index (χ4n) is 10.6. The Morgan fingerprint density at radius 3 is 1.29 bits per heavy atom. The van der Waals surface area contributed by atoms with Crippen LogP contribution in [0.15, 0.2) is 18.2 Å². The minimum Gasteiger partial charge on any atom is -0.311 e. The van der Waals surface area contributed by atoms with Gasteiger partial charge in [-0.1, -0.05) is 6.07 Å². The molecule has 182 valence electrons. The lowest BCUT2D eigenvalue weighted by Gasteiger charge is -2.56. The first-order valence-corrected chi connectivity index (χ1v) is 14.0. The summed E-state index contributed by atoms with van der Waals surface area (Å²) in [6.45, 7) is 0. The van der Waals surface area contributed by atoms with Gasteiger partial charge in [0.1, 0.15) is 11.6 Å². The van der Waals surface area contributed by atoms with Gasteiger partial charge in [-0.3, -0.25) is 9.59 Å². The molecule has 8 aliphatic carbocycles. The zero-order valence-electron chi connectivity index (χ0n) is 20.4. The molecule has 0 atom stereocenters. The van der Waals surface area contributed by atoms with Crippen molar-refractivity contribution in [1.29, 1.82) is 0 Å². The Morgan fingerprint density at radius 2 is 0.971 bits per heavy atom. The molecule has 0 spiro atoms. The van der Waals surface area contributed by atoms with Crippen LogP contribution < -0.4 is 10.6 Å². The van der Waals surface area contributed by atoms with Crippen LogP contribution in [-0.2, 0) is 9.59 Å². The highest BCUT2D eigenvalue weighted by atomic mass is 16.2. The Morgan fingerprint density at radius 1 is 0.647 bits per heavy atom. The van der Waals surface area contributed by atoms with Crippen LogP contribution in [0.1, 0.15) is 89.9 Å². The van der Waals surface area contributed by atoms with Gasteiger partial charge in [-0.15, -0.1) is 0 Å².